The van der Waals surface area contributed by atoms with Crippen molar-refractivity contribution in [2.75, 3.05) is 0 Å². The van der Waals surface area contributed by atoms with Crippen molar-refractivity contribution in [3.63, 3.8) is 0 Å². The minimum absolute atomic E-state index is 0. The van der Waals surface area contributed by atoms with Gasteiger partial charge in [0.2, 0.25) is 0 Å². The topological polar surface area (TPSA) is 64.5 Å². The molecule has 60 valence electrons. The van der Waals surface area contributed by atoms with Gasteiger partial charge in [-0.2, -0.15) is 0 Å². The first-order valence-electron chi connectivity index (χ1n) is 2.69. The van der Waals surface area contributed by atoms with Gasteiger partial charge < -0.3 is 12.4 Å². The van der Waals surface area contributed by atoms with E-state index < -0.39 is 5.82 Å². The summed E-state index contributed by atoms with van der Waals surface area (Å²) < 4.78 is 12.3. The van der Waals surface area contributed by atoms with Crippen molar-refractivity contribution in [3.05, 3.63) is 29.8 Å². The molecule has 0 saturated heterocycles. The van der Waals surface area contributed by atoms with Gasteiger partial charge in [-0.15, -0.1) is 0 Å². The smallest absolute Gasteiger partial charge is 0.272 e. The summed E-state index contributed by atoms with van der Waals surface area (Å²) in [4.78, 5) is 3.55. The van der Waals surface area contributed by atoms with Gasteiger partial charge in [0.25, 0.3) is 5.84 Å². The van der Waals surface area contributed by atoms with E-state index in [4.69, 9.17) is 11.1 Å². The molecule has 0 spiro atoms. The van der Waals surface area contributed by atoms with E-state index in [-0.39, 0.29) is 18.2 Å². The zero-order valence-corrected chi connectivity index (χ0v) is 6.35. The first-order chi connectivity index (χ1) is 4.70. The van der Waals surface area contributed by atoms with Crippen LogP contribution in [0.25, 0.3) is 0 Å². The molecule has 0 aromatic carbocycles. The third kappa shape index (κ3) is 2.51. The van der Waals surface area contributed by atoms with Crippen LogP contribution >= 0.6 is 0 Å². The third-order valence-corrected chi connectivity index (χ3v) is 1.04. The maximum absolute atomic E-state index is 12.3. The standard InChI is InChI=1S/C6H6FN3.ClH/c7-5-1-4(6(8)9)2-10-3-5;/h1-3H,(H3,8,9);1H. The normalized spacial score (nSPS) is 8.45. The monoisotopic (exact) mass is 175 g/mol. The lowest BCUT2D eigenvalue weighted by Crippen LogP contribution is -3.00. The second kappa shape index (κ2) is 3.88. The molecule has 0 fully saturated rings. The van der Waals surface area contributed by atoms with Gasteiger partial charge in [-0.05, 0) is 6.07 Å². The van der Waals surface area contributed by atoms with E-state index in [9.17, 15) is 4.39 Å². The molecule has 1 rings (SSSR count). The average Bonchev–Trinajstić information content (AvgIpc) is 1.88. The first-order valence-corrected chi connectivity index (χ1v) is 2.69. The number of hydrogen-bond acceptors (Lipinski definition) is 1. The van der Waals surface area contributed by atoms with Crippen LogP contribution in [0.5, 0.6) is 0 Å². The molecule has 0 aliphatic heterocycles. The van der Waals surface area contributed by atoms with Crippen LogP contribution in [0, 0.1) is 5.82 Å². The van der Waals surface area contributed by atoms with Crippen LogP contribution in [-0.2, 0) is 0 Å². The van der Waals surface area contributed by atoms with E-state index in [1.807, 2.05) is 0 Å². The highest BCUT2D eigenvalue weighted by Crippen LogP contribution is 1.97. The Morgan fingerprint density at radius 2 is 2.18 bits per heavy atom. The maximum atomic E-state index is 12.3. The number of rotatable bonds is 1. The van der Waals surface area contributed by atoms with Gasteiger partial charge in [-0.3, -0.25) is 16.1 Å². The second-order valence-corrected chi connectivity index (χ2v) is 1.85. The predicted molar refractivity (Wildman–Crippen MR) is 34.4 cm³/mol. The molecule has 3 nitrogen and oxygen atoms in total. The number of nitrogens with two attached hydrogens (primary N) is 2. The van der Waals surface area contributed by atoms with Crippen LogP contribution in [0.1, 0.15) is 5.56 Å². The summed E-state index contributed by atoms with van der Waals surface area (Å²) in [6.07, 6.45) is 2.49. The van der Waals surface area contributed by atoms with Crippen LogP contribution in [-0.4, -0.2) is 10.8 Å². The molecule has 0 amide bonds. The lowest BCUT2D eigenvalue weighted by Gasteiger charge is -1.90. The molecule has 1 heterocycles. The zero-order valence-electron chi connectivity index (χ0n) is 5.59. The summed E-state index contributed by atoms with van der Waals surface area (Å²) in [5.74, 6) is -0.363. The fraction of sp³-hybridized carbons (Fsp3) is 0. The van der Waals surface area contributed by atoms with Crippen LogP contribution < -0.4 is 23.5 Å². The molecule has 0 aliphatic carbocycles. The van der Waals surface area contributed by atoms with E-state index >= 15 is 0 Å². The summed E-state index contributed by atoms with van der Waals surface area (Å²) in [6.45, 7) is 0. The van der Waals surface area contributed by atoms with Crippen molar-refractivity contribution >= 4 is 5.84 Å². The Bertz CT molecular complexity index is 264. The second-order valence-electron chi connectivity index (χ2n) is 1.85. The van der Waals surface area contributed by atoms with Crippen LogP contribution in [0.2, 0.25) is 0 Å². The first kappa shape index (κ1) is 9.84. The van der Waals surface area contributed by atoms with Gasteiger partial charge in [0, 0.05) is 6.20 Å². The summed E-state index contributed by atoms with van der Waals surface area (Å²) in [5.41, 5.74) is 5.59. The van der Waals surface area contributed by atoms with Crippen molar-refractivity contribution in [2.24, 2.45) is 5.73 Å². The Kier molecular flexibility index (Phi) is 3.47. The summed E-state index contributed by atoms with van der Waals surface area (Å²) >= 11 is 0. The largest absolute Gasteiger partial charge is 1.00 e. The number of hydrogen-bond donors (Lipinski definition) is 2. The predicted octanol–water partition coefficient (Wildman–Crippen LogP) is -4.31. The van der Waals surface area contributed by atoms with Gasteiger partial charge in [0.15, 0.2) is 0 Å². The Morgan fingerprint density at radius 3 is 2.55 bits per heavy atom. The van der Waals surface area contributed by atoms with Gasteiger partial charge >= 0.3 is 0 Å². The van der Waals surface area contributed by atoms with E-state index in [0.29, 0.717) is 5.56 Å². The highest BCUT2D eigenvalue weighted by molar-refractivity contribution is 5.92. The molecule has 0 saturated carbocycles. The van der Waals surface area contributed by atoms with Crippen molar-refractivity contribution in [1.29, 1.82) is 0 Å². The summed E-state index contributed by atoms with van der Waals surface area (Å²) in [6, 6.07) is 1.22. The number of halogens is 2. The molecule has 0 atom stereocenters. The van der Waals surface area contributed by atoms with Crippen molar-refractivity contribution < 1.29 is 22.2 Å². The minimum atomic E-state index is -0.439. The zero-order chi connectivity index (χ0) is 7.56. The lowest BCUT2D eigenvalue weighted by molar-refractivity contribution is -0.114. The Labute approximate surface area is 69.4 Å². The molecule has 0 radical (unpaired) electrons. The number of amidine groups is 1. The summed E-state index contributed by atoms with van der Waals surface area (Å²) in [7, 11) is 0. The van der Waals surface area contributed by atoms with Crippen LogP contribution in [0.15, 0.2) is 18.5 Å². The Balaban J connectivity index is 0.000001000. The number of pyridine rings is 1. The molecular formula is C6H7ClFN3. The number of nitrogens with zero attached hydrogens (tertiary/aromatic N) is 1. The lowest BCUT2D eigenvalue weighted by atomic mass is 10.3. The molecule has 1 aromatic heterocycles. The molecule has 1 aromatic rings. The third-order valence-electron chi connectivity index (χ3n) is 1.04. The molecule has 0 unspecified atom stereocenters. The summed E-state index contributed by atoms with van der Waals surface area (Å²) in [5, 5.41) is 5.17. The van der Waals surface area contributed by atoms with E-state index in [1.54, 1.807) is 0 Å². The van der Waals surface area contributed by atoms with Gasteiger partial charge in [0.1, 0.15) is 5.82 Å². The van der Waals surface area contributed by atoms with Gasteiger partial charge in [-0.25, -0.2) is 4.39 Å². The average molecular weight is 176 g/mol. The van der Waals surface area contributed by atoms with E-state index in [2.05, 4.69) is 4.98 Å². The number of aromatic nitrogens is 1. The minimum Gasteiger partial charge on any atom is -1.00 e. The Hall–Kier alpha value is -1.16. The fourth-order valence-corrected chi connectivity index (χ4v) is 0.570. The van der Waals surface area contributed by atoms with Crippen molar-refractivity contribution in [1.82, 2.24) is 4.98 Å². The van der Waals surface area contributed by atoms with E-state index in [0.717, 1.165) is 6.20 Å². The molecule has 0 aliphatic rings. The maximum Gasteiger partial charge on any atom is 0.272 e. The quantitative estimate of drug-likeness (QED) is 0.335. The Morgan fingerprint density at radius 1 is 1.55 bits per heavy atom. The van der Waals surface area contributed by atoms with Gasteiger partial charge in [-0.1, -0.05) is 0 Å². The highest BCUT2D eigenvalue weighted by atomic mass is 35.5. The van der Waals surface area contributed by atoms with Crippen molar-refractivity contribution in [2.45, 2.75) is 0 Å². The molecule has 0 bridgehead atoms. The fourth-order valence-electron chi connectivity index (χ4n) is 0.570. The van der Waals surface area contributed by atoms with Crippen LogP contribution in [0.4, 0.5) is 4.39 Å². The van der Waals surface area contributed by atoms with Gasteiger partial charge in [0.05, 0.1) is 11.8 Å². The molecule has 4 N–H and O–H groups in total. The molecule has 5 heteroatoms. The van der Waals surface area contributed by atoms with Crippen LogP contribution in [0.3, 0.4) is 0 Å². The highest BCUT2D eigenvalue weighted by Gasteiger charge is 2.01. The molecule has 11 heavy (non-hydrogen) atoms. The molecular weight excluding hydrogens is 169 g/mol. The SMILES string of the molecule is NC(=[NH2+])c1cncc(F)c1.[Cl-]. The van der Waals surface area contributed by atoms with Crippen molar-refractivity contribution in [3.8, 4) is 0 Å². The van der Waals surface area contributed by atoms with E-state index in [1.165, 1.54) is 12.3 Å².